The van der Waals surface area contributed by atoms with Gasteiger partial charge in [-0.1, -0.05) is 0 Å². The second-order valence-electron chi connectivity index (χ2n) is 8.68. The van der Waals surface area contributed by atoms with Crippen molar-refractivity contribution in [3.05, 3.63) is 76.9 Å². The molecule has 0 saturated carbocycles. The number of amides is 1. The number of benzene rings is 2. The average Bonchev–Trinajstić information content (AvgIpc) is 3.53. The van der Waals surface area contributed by atoms with Gasteiger partial charge < -0.3 is 16.0 Å². The molecule has 0 bridgehead atoms. The molecule has 1 fully saturated rings. The summed E-state index contributed by atoms with van der Waals surface area (Å²) in [6.07, 6.45) is -2.05. The number of hydrogen-bond acceptors (Lipinski definition) is 5. The number of nitrogens with zero attached hydrogens (tertiary/aromatic N) is 4. The number of carbonyl (C=O) groups is 1. The van der Waals surface area contributed by atoms with Gasteiger partial charge in [-0.2, -0.15) is 18.3 Å². The number of likely N-dealkylation sites (tertiary alicyclic amines) is 1. The Labute approximate surface area is 216 Å². The number of nitrogens with two attached hydrogens (primary N) is 1. The number of halogens is 4. The number of alkyl halides is 3. The van der Waals surface area contributed by atoms with Crippen LogP contribution in [-0.4, -0.2) is 54.2 Å². The summed E-state index contributed by atoms with van der Waals surface area (Å²) in [6, 6.07) is 10.1. The van der Waals surface area contributed by atoms with Crippen LogP contribution in [0.3, 0.4) is 0 Å². The van der Waals surface area contributed by atoms with Crippen molar-refractivity contribution in [2.24, 2.45) is 10.1 Å². The molecule has 3 N–H and O–H groups in total. The predicted octanol–water partition coefficient (Wildman–Crippen LogP) is 3.54. The van der Waals surface area contributed by atoms with E-state index in [0.29, 0.717) is 24.7 Å². The highest BCUT2D eigenvalue weighted by Crippen LogP contribution is 2.30. The van der Waals surface area contributed by atoms with Crippen LogP contribution in [0.4, 0.5) is 23.2 Å². The zero-order valence-electron chi connectivity index (χ0n) is 20.2. The maximum Gasteiger partial charge on any atom is 0.435 e. The Hall–Kier alpha value is -3.78. The van der Waals surface area contributed by atoms with E-state index in [-0.39, 0.29) is 29.3 Å². The predicted molar refractivity (Wildman–Crippen MR) is 133 cm³/mol. The van der Waals surface area contributed by atoms with E-state index in [4.69, 9.17) is 5.73 Å². The Morgan fingerprint density at radius 2 is 1.76 bits per heavy atom. The van der Waals surface area contributed by atoms with Gasteiger partial charge in [0.2, 0.25) is 0 Å². The van der Waals surface area contributed by atoms with Crippen LogP contribution >= 0.6 is 0 Å². The topological polar surface area (TPSA) is 123 Å². The van der Waals surface area contributed by atoms with E-state index >= 15 is 0 Å². The van der Waals surface area contributed by atoms with Gasteiger partial charge in [0.1, 0.15) is 17.3 Å². The van der Waals surface area contributed by atoms with E-state index in [1.54, 1.807) is 12.1 Å². The van der Waals surface area contributed by atoms with E-state index < -0.39 is 39.3 Å². The molecule has 9 nitrogen and oxygen atoms in total. The van der Waals surface area contributed by atoms with E-state index in [1.165, 1.54) is 24.3 Å². The highest BCUT2D eigenvalue weighted by molar-refractivity contribution is 7.89. The second kappa shape index (κ2) is 10.5. The summed E-state index contributed by atoms with van der Waals surface area (Å²) in [4.78, 5) is 14.9. The number of anilines is 1. The molecule has 0 unspecified atom stereocenters. The van der Waals surface area contributed by atoms with E-state index in [1.807, 2.05) is 4.90 Å². The van der Waals surface area contributed by atoms with Gasteiger partial charge in [0, 0.05) is 42.5 Å². The molecule has 0 radical (unpaired) electrons. The van der Waals surface area contributed by atoms with Gasteiger partial charge in [-0.05, 0) is 55.3 Å². The van der Waals surface area contributed by atoms with Gasteiger partial charge in [-0.25, -0.2) is 17.5 Å². The van der Waals surface area contributed by atoms with Crippen LogP contribution in [0, 0.1) is 5.82 Å². The molecule has 3 aromatic rings. The van der Waals surface area contributed by atoms with Crippen molar-refractivity contribution in [3.63, 3.8) is 0 Å². The highest BCUT2D eigenvalue weighted by atomic mass is 32.2. The van der Waals surface area contributed by atoms with Crippen molar-refractivity contribution in [1.82, 2.24) is 14.7 Å². The van der Waals surface area contributed by atoms with Gasteiger partial charge in [0.05, 0.1) is 11.9 Å². The van der Waals surface area contributed by atoms with Crippen LogP contribution in [0.2, 0.25) is 0 Å². The lowest BCUT2D eigenvalue weighted by Crippen LogP contribution is -2.29. The molecule has 0 spiro atoms. The fourth-order valence-corrected chi connectivity index (χ4v) is 4.54. The van der Waals surface area contributed by atoms with E-state index in [0.717, 1.165) is 29.8 Å². The lowest BCUT2D eigenvalue weighted by Gasteiger charge is -2.20. The van der Waals surface area contributed by atoms with Crippen molar-refractivity contribution in [2.45, 2.75) is 25.6 Å². The first kappa shape index (κ1) is 27.3. The molecule has 2 heterocycles. The quantitative estimate of drug-likeness (QED) is 0.274. The number of amidine groups is 1. The van der Waals surface area contributed by atoms with Crippen molar-refractivity contribution < 1.29 is 30.8 Å². The van der Waals surface area contributed by atoms with Crippen LogP contribution in [0.15, 0.2) is 52.9 Å². The summed E-state index contributed by atoms with van der Waals surface area (Å²) in [6.45, 7) is 1.09. The van der Waals surface area contributed by atoms with Crippen LogP contribution in [0.5, 0.6) is 0 Å². The minimum absolute atomic E-state index is 0.0232. The maximum atomic E-state index is 13.9. The van der Waals surface area contributed by atoms with Crippen LogP contribution in [0.25, 0.3) is 5.69 Å². The van der Waals surface area contributed by atoms with Crippen molar-refractivity contribution in [1.29, 1.82) is 0 Å². The Morgan fingerprint density at radius 3 is 2.34 bits per heavy atom. The first-order valence-corrected chi connectivity index (χ1v) is 13.3. The Bertz CT molecular complexity index is 1480. The van der Waals surface area contributed by atoms with Crippen molar-refractivity contribution in [2.75, 3.05) is 24.7 Å². The Morgan fingerprint density at radius 1 is 1.11 bits per heavy atom. The number of sulfonamides is 1. The molecule has 202 valence electrons. The molecule has 1 saturated heterocycles. The van der Waals surface area contributed by atoms with Gasteiger partial charge in [0.15, 0.2) is 5.69 Å². The largest absolute Gasteiger partial charge is 0.435 e. The smallest absolute Gasteiger partial charge is 0.355 e. The lowest BCUT2D eigenvalue weighted by atomic mass is 10.1. The van der Waals surface area contributed by atoms with Gasteiger partial charge >= 0.3 is 6.18 Å². The number of rotatable bonds is 6. The lowest BCUT2D eigenvalue weighted by molar-refractivity contribution is -0.141. The SMILES string of the molecule is CS(=O)(=O)/N=C(/c1ccc(NC(=O)c2cc(C(F)(F)F)nn2-c2ccc(F)c(CN)c2)cc1)N1CCCC1. The van der Waals surface area contributed by atoms with Gasteiger partial charge in [-0.15, -0.1) is 4.40 Å². The minimum Gasteiger partial charge on any atom is -0.355 e. The minimum atomic E-state index is -4.83. The summed E-state index contributed by atoms with van der Waals surface area (Å²) in [5.41, 5.74) is 4.57. The average molecular weight is 553 g/mol. The fourth-order valence-electron chi connectivity index (χ4n) is 4.00. The fraction of sp³-hybridized carbons (Fsp3) is 0.292. The first-order valence-electron chi connectivity index (χ1n) is 11.5. The molecular weight excluding hydrogens is 528 g/mol. The zero-order valence-corrected chi connectivity index (χ0v) is 21.0. The zero-order chi connectivity index (χ0) is 27.7. The monoisotopic (exact) mass is 552 g/mol. The number of carbonyl (C=O) groups excluding carboxylic acids is 1. The van der Waals surface area contributed by atoms with Crippen molar-refractivity contribution >= 4 is 27.5 Å². The molecule has 14 heteroatoms. The third-order valence-corrected chi connectivity index (χ3v) is 6.29. The molecule has 1 amide bonds. The summed E-state index contributed by atoms with van der Waals surface area (Å²) in [7, 11) is -3.68. The van der Waals surface area contributed by atoms with E-state index in [9.17, 15) is 30.8 Å². The molecule has 38 heavy (non-hydrogen) atoms. The Balaban J connectivity index is 1.65. The van der Waals surface area contributed by atoms with Crippen LogP contribution < -0.4 is 11.1 Å². The summed E-state index contributed by atoms with van der Waals surface area (Å²) < 4.78 is 82.4. The molecule has 1 aromatic heterocycles. The standard InChI is InChI=1S/C24H24F4N6O3S/c1-38(36,37)32-22(33-10-2-3-11-33)15-4-6-17(7-5-15)30-23(35)20-13-21(24(26,27)28)31-34(20)18-8-9-19(25)16(12-18)14-29/h4-9,12-13H,2-3,10-11,14,29H2,1H3,(H,30,35)/b32-22-. The second-order valence-corrected chi connectivity index (χ2v) is 10.3. The molecule has 1 aliphatic rings. The van der Waals surface area contributed by atoms with Crippen LogP contribution in [-0.2, 0) is 22.7 Å². The summed E-state index contributed by atoms with van der Waals surface area (Å²) in [5.74, 6) is -1.26. The van der Waals surface area contributed by atoms with Crippen molar-refractivity contribution in [3.8, 4) is 5.69 Å². The van der Waals surface area contributed by atoms with Crippen LogP contribution in [0.1, 0.15) is 40.2 Å². The summed E-state index contributed by atoms with van der Waals surface area (Å²) in [5, 5.41) is 6.04. The van der Waals surface area contributed by atoms with Gasteiger partial charge in [-0.3, -0.25) is 4.79 Å². The molecule has 4 rings (SSSR count). The maximum absolute atomic E-state index is 13.9. The Kier molecular flexibility index (Phi) is 7.56. The molecule has 1 aliphatic heterocycles. The van der Waals surface area contributed by atoms with Gasteiger partial charge in [0.25, 0.3) is 15.9 Å². The number of nitrogens with one attached hydrogen (secondary N) is 1. The molecule has 0 atom stereocenters. The van der Waals surface area contributed by atoms with E-state index in [2.05, 4.69) is 14.8 Å². The first-order chi connectivity index (χ1) is 17.9. The highest BCUT2D eigenvalue weighted by Gasteiger charge is 2.36. The molecule has 2 aromatic carbocycles. The molecular formula is C24H24F4N6O3S. The number of hydrogen-bond donors (Lipinski definition) is 2. The molecule has 0 aliphatic carbocycles. The number of aromatic nitrogens is 2. The summed E-state index contributed by atoms with van der Waals surface area (Å²) >= 11 is 0. The normalized spacial score (nSPS) is 14.7. The third-order valence-electron chi connectivity index (χ3n) is 5.79. The third kappa shape index (κ3) is 6.19.